The molecule has 0 aliphatic heterocycles. The lowest BCUT2D eigenvalue weighted by molar-refractivity contribution is 0.0427. The Hall–Kier alpha value is -0.340. The van der Waals surface area contributed by atoms with Crippen LogP contribution in [0.5, 0.6) is 0 Å². The van der Waals surface area contributed by atoms with Crippen molar-refractivity contribution in [2.75, 3.05) is 25.6 Å². The number of ether oxygens (including phenoxy) is 2. The van der Waals surface area contributed by atoms with Crippen molar-refractivity contribution < 1.29 is 19.4 Å². The first-order valence-corrected chi connectivity index (χ1v) is 11.5. The molecule has 1 saturated carbocycles. The number of carbonyl (C=O) groups is 1. The molecule has 1 aliphatic rings. The van der Waals surface area contributed by atoms with Crippen LogP contribution in [0.25, 0.3) is 0 Å². The van der Waals surface area contributed by atoms with E-state index in [2.05, 4.69) is 18.8 Å². The van der Waals surface area contributed by atoms with Crippen LogP contribution < -0.4 is 0 Å². The van der Waals surface area contributed by atoms with Crippen LogP contribution in [-0.4, -0.2) is 53.1 Å². The Morgan fingerprint density at radius 3 is 3.04 bits per heavy atom. The molecular formula is C18H28ClNO4S2. The Kier molecular flexibility index (Phi) is 9.70. The highest BCUT2D eigenvalue weighted by Crippen LogP contribution is 2.40. The fraction of sp³-hybridized carbons (Fsp3) is 0.778. The van der Waals surface area contributed by atoms with Gasteiger partial charge in [-0.3, -0.25) is 0 Å². The van der Waals surface area contributed by atoms with E-state index in [4.69, 9.17) is 26.2 Å². The molecule has 1 aromatic rings. The van der Waals surface area contributed by atoms with E-state index in [1.54, 1.807) is 17.1 Å². The number of nitrogens with zero attached hydrogens (tertiary/aromatic N) is 1. The molecule has 3 unspecified atom stereocenters. The van der Waals surface area contributed by atoms with Gasteiger partial charge in [0.15, 0.2) is 10.0 Å². The number of aromatic nitrogens is 1. The predicted molar refractivity (Wildman–Crippen MR) is 106 cm³/mol. The Bertz CT molecular complexity index is 557. The lowest BCUT2D eigenvalue weighted by atomic mass is 9.95. The minimum Gasteiger partial charge on any atom is -0.459 e. The first kappa shape index (κ1) is 22.0. The average Bonchev–Trinajstić information content (AvgIpc) is 3.21. The van der Waals surface area contributed by atoms with Gasteiger partial charge in [0, 0.05) is 17.7 Å². The van der Waals surface area contributed by atoms with Crippen LogP contribution in [0.3, 0.4) is 0 Å². The maximum atomic E-state index is 11.7. The maximum absolute atomic E-state index is 11.7. The summed E-state index contributed by atoms with van der Waals surface area (Å²) in [6.45, 7) is 5.00. The monoisotopic (exact) mass is 421 g/mol. The summed E-state index contributed by atoms with van der Waals surface area (Å²) in [6.07, 6.45) is 4.48. The van der Waals surface area contributed by atoms with Crippen molar-refractivity contribution in [2.24, 2.45) is 11.8 Å². The van der Waals surface area contributed by atoms with Gasteiger partial charge in [0.1, 0.15) is 6.61 Å². The lowest BCUT2D eigenvalue weighted by Gasteiger charge is -2.17. The van der Waals surface area contributed by atoms with E-state index in [-0.39, 0.29) is 24.7 Å². The van der Waals surface area contributed by atoms with Gasteiger partial charge in [0.25, 0.3) is 0 Å². The van der Waals surface area contributed by atoms with E-state index in [1.165, 1.54) is 11.3 Å². The molecule has 26 heavy (non-hydrogen) atoms. The standard InChI is InChI=1S/C18H28ClNO4S2/c1-3-4-7-23-15-10-13(12(2)16(15)19)5-9-25-18-20-14(11-26-18)17(22)24-8-6-21/h11-13,15-16,21H,3-10H2,1-2H3/t12?,13-,15?,16?/m0/s1. The van der Waals surface area contributed by atoms with Crippen LogP contribution in [0.4, 0.5) is 0 Å². The van der Waals surface area contributed by atoms with Crippen molar-refractivity contribution in [3.05, 3.63) is 11.1 Å². The molecule has 1 N–H and O–H groups in total. The van der Waals surface area contributed by atoms with E-state index in [0.29, 0.717) is 17.5 Å². The normalized spacial score (nSPS) is 25.5. The number of hydrogen-bond acceptors (Lipinski definition) is 7. The Morgan fingerprint density at radius 2 is 2.31 bits per heavy atom. The summed E-state index contributed by atoms with van der Waals surface area (Å²) in [4.78, 5) is 16.0. The molecule has 1 aliphatic carbocycles. The molecule has 0 radical (unpaired) electrons. The molecule has 1 fully saturated rings. The Morgan fingerprint density at radius 1 is 1.50 bits per heavy atom. The third-order valence-corrected chi connectivity index (χ3v) is 7.43. The third kappa shape index (κ3) is 6.37. The molecule has 5 nitrogen and oxygen atoms in total. The van der Waals surface area contributed by atoms with Gasteiger partial charge in [0.2, 0.25) is 0 Å². The fourth-order valence-electron chi connectivity index (χ4n) is 3.09. The molecule has 1 heterocycles. The molecule has 8 heteroatoms. The summed E-state index contributed by atoms with van der Waals surface area (Å²) in [6, 6.07) is 0. The highest BCUT2D eigenvalue weighted by molar-refractivity contribution is 8.01. The quantitative estimate of drug-likeness (QED) is 0.249. The van der Waals surface area contributed by atoms with E-state index < -0.39 is 5.97 Å². The van der Waals surface area contributed by atoms with Crippen molar-refractivity contribution in [3.8, 4) is 0 Å². The average molecular weight is 422 g/mol. The zero-order valence-electron chi connectivity index (χ0n) is 15.4. The SMILES string of the molecule is CCCCOC1C[C@H](CCSc2nc(C(=O)OCCO)cs2)C(C)C1Cl. The lowest BCUT2D eigenvalue weighted by Crippen LogP contribution is -2.22. The summed E-state index contributed by atoms with van der Waals surface area (Å²) >= 11 is 9.68. The van der Waals surface area contributed by atoms with Gasteiger partial charge in [-0.25, -0.2) is 9.78 Å². The van der Waals surface area contributed by atoms with Gasteiger partial charge in [0.05, 0.1) is 18.1 Å². The molecule has 0 bridgehead atoms. The van der Waals surface area contributed by atoms with Crippen LogP contribution in [0.2, 0.25) is 0 Å². The zero-order chi connectivity index (χ0) is 18.9. The number of aliphatic hydroxyl groups excluding tert-OH is 1. The smallest absolute Gasteiger partial charge is 0.357 e. The number of thiazole rings is 1. The van der Waals surface area contributed by atoms with E-state index in [1.807, 2.05) is 0 Å². The number of thioether (sulfide) groups is 1. The summed E-state index contributed by atoms with van der Waals surface area (Å²) in [5.74, 6) is 1.47. The van der Waals surface area contributed by atoms with E-state index in [0.717, 1.165) is 42.4 Å². The molecule has 2 rings (SSSR count). The summed E-state index contributed by atoms with van der Waals surface area (Å²) in [5, 5.41) is 10.5. The Balaban J connectivity index is 1.74. The number of unbranched alkanes of at least 4 members (excludes halogenated alkanes) is 1. The largest absolute Gasteiger partial charge is 0.459 e. The summed E-state index contributed by atoms with van der Waals surface area (Å²) in [5.41, 5.74) is 0.311. The number of halogens is 1. The van der Waals surface area contributed by atoms with Gasteiger partial charge in [-0.15, -0.1) is 22.9 Å². The zero-order valence-corrected chi connectivity index (χ0v) is 17.7. The molecule has 0 saturated heterocycles. The molecular weight excluding hydrogens is 394 g/mol. The number of hydrogen-bond donors (Lipinski definition) is 1. The number of alkyl halides is 1. The van der Waals surface area contributed by atoms with Crippen LogP contribution in [0.1, 0.15) is 50.0 Å². The van der Waals surface area contributed by atoms with Crippen LogP contribution >= 0.6 is 34.7 Å². The third-order valence-electron chi connectivity index (χ3n) is 4.70. The van der Waals surface area contributed by atoms with Crippen molar-refractivity contribution in [3.63, 3.8) is 0 Å². The second kappa shape index (κ2) is 11.5. The first-order valence-electron chi connectivity index (χ1n) is 9.18. The summed E-state index contributed by atoms with van der Waals surface area (Å²) in [7, 11) is 0. The van der Waals surface area contributed by atoms with Gasteiger partial charge < -0.3 is 14.6 Å². The van der Waals surface area contributed by atoms with Crippen molar-refractivity contribution in [1.29, 1.82) is 0 Å². The van der Waals surface area contributed by atoms with Crippen LogP contribution in [0, 0.1) is 11.8 Å². The van der Waals surface area contributed by atoms with Crippen LogP contribution in [0.15, 0.2) is 9.72 Å². The minimum absolute atomic E-state index is 0.000505. The van der Waals surface area contributed by atoms with E-state index in [9.17, 15) is 4.79 Å². The maximum Gasteiger partial charge on any atom is 0.357 e. The molecule has 1 aromatic heterocycles. The van der Waals surface area contributed by atoms with Gasteiger partial charge in [-0.1, -0.05) is 32.0 Å². The van der Waals surface area contributed by atoms with Gasteiger partial charge >= 0.3 is 5.97 Å². The van der Waals surface area contributed by atoms with Crippen molar-refractivity contribution >= 4 is 40.7 Å². The number of carbonyl (C=O) groups excluding carboxylic acids is 1. The molecule has 0 aromatic carbocycles. The topological polar surface area (TPSA) is 68.7 Å². The highest BCUT2D eigenvalue weighted by Gasteiger charge is 2.39. The number of aliphatic hydroxyl groups is 1. The predicted octanol–water partition coefficient (Wildman–Crippen LogP) is 4.22. The highest BCUT2D eigenvalue weighted by atomic mass is 35.5. The Labute approximate surface area is 168 Å². The minimum atomic E-state index is -0.483. The number of esters is 1. The van der Waals surface area contributed by atoms with E-state index >= 15 is 0 Å². The van der Waals surface area contributed by atoms with Crippen LogP contribution in [-0.2, 0) is 9.47 Å². The summed E-state index contributed by atoms with van der Waals surface area (Å²) < 4.78 is 11.7. The van der Waals surface area contributed by atoms with Gasteiger partial charge in [-0.2, -0.15) is 0 Å². The molecule has 4 atom stereocenters. The second-order valence-electron chi connectivity index (χ2n) is 6.56. The van der Waals surface area contributed by atoms with Crippen molar-refractivity contribution in [2.45, 2.75) is 55.4 Å². The first-order chi connectivity index (χ1) is 12.6. The molecule has 0 amide bonds. The van der Waals surface area contributed by atoms with Crippen molar-refractivity contribution in [1.82, 2.24) is 4.98 Å². The fourth-order valence-corrected chi connectivity index (χ4v) is 5.41. The van der Waals surface area contributed by atoms with Gasteiger partial charge in [-0.05, 0) is 31.1 Å². The number of rotatable bonds is 11. The molecule has 0 spiro atoms. The second-order valence-corrected chi connectivity index (χ2v) is 9.26. The molecule has 148 valence electrons.